The van der Waals surface area contributed by atoms with Gasteiger partial charge in [-0.3, -0.25) is 0 Å². The molecular formula is C12H9ClFNO2S2. The maximum absolute atomic E-state index is 13.1. The molecular weight excluding hydrogens is 309 g/mol. The molecule has 0 saturated heterocycles. The van der Waals surface area contributed by atoms with Crippen LogP contribution in [0.15, 0.2) is 22.5 Å². The Hall–Kier alpha value is -1.11. The topological polar surface area (TPSA) is 50.2 Å². The molecule has 0 unspecified atom stereocenters. The van der Waals surface area contributed by atoms with Gasteiger partial charge in [0.2, 0.25) is 0 Å². The maximum atomic E-state index is 13.1. The molecule has 2 rings (SSSR count). The molecule has 0 amide bonds. The number of aryl methyl sites for hydroxylation is 1. The van der Waals surface area contributed by atoms with E-state index in [1.807, 2.05) is 0 Å². The third-order valence-electron chi connectivity index (χ3n) is 2.33. The summed E-state index contributed by atoms with van der Waals surface area (Å²) in [5.41, 5.74) is 1.15. The SMILES string of the molecule is Cc1nc(SCc2cc(F)ccc2Cl)sc1C(=O)O. The van der Waals surface area contributed by atoms with Gasteiger partial charge in [0.1, 0.15) is 10.7 Å². The number of thiazole rings is 1. The molecule has 7 heteroatoms. The number of aromatic carboxylic acids is 1. The van der Waals surface area contributed by atoms with Crippen LogP contribution in [0.4, 0.5) is 4.39 Å². The third kappa shape index (κ3) is 3.46. The standard InChI is InChI=1S/C12H9ClFNO2S2/c1-6-10(11(16)17)19-12(15-6)18-5-7-4-8(14)2-3-9(7)13/h2-4H,5H2,1H3,(H,16,17). The number of aromatic nitrogens is 1. The summed E-state index contributed by atoms with van der Waals surface area (Å²) in [6, 6.07) is 4.17. The van der Waals surface area contributed by atoms with Crippen LogP contribution in [-0.2, 0) is 5.75 Å². The molecule has 0 aliphatic heterocycles. The van der Waals surface area contributed by atoms with E-state index in [-0.39, 0.29) is 10.7 Å². The fourth-order valence-electron chi connectivity index (χ4n) is 1.43. The summed E-state index contributed by atoms with van der Waals surface area (Å²) in [6.07, 6.45) is 0. The van der Waals surface area contributed by atoms with Crippen molar-refractivity contribution < 1.29 is 14.3 Å². The first-order chi connectivity index (χ1) is 8.97. The first kappa shape index (κ1) is 14.3. The fraction of sp³-hybridized carbons (Fsp3) is 0.167. The van der Waals surface area contributed by atoms with Gasteiger partial charge in [0, 0.05) is 10.8 Å². The van der Waals surface area contributed by atoms with Gasteiger partial charge in [-0.15, -0.1) is 11.3 Å². The zero-order valence-electron chi connectivity index (χ0n) is 9.81. The molecule has 1 N–H and O–H groups in total. The van der Waals surface area contributed by atoms with Crippen molar-refractivity contribution >= 4 is 40.7 Å². The summed E-state index contributed by atoms with van der Waals surface area (Å²) >= 11 is 8.41. The second-order valence-corrected chi connectivity index (χ2v) is 6.35. The van der Waals surface area contributed by atoms with Gasteiger partial charge in [-0.25, -0.2) is 14.2 Å². The molecule has 0 fully saturated rings. The number of hydrogen-bond donors (Lipinski definition) is 1. The lowest BCUT2D eigenvalue weighted by Crippen LogP contribution is -1.94. The van der Waals surface area contributed by atoms with Gasteiger partial charge in [0.25, 0.3) is 0 Å². The molecule has 19 heavy (non-hydrogen) atoms. The van der Waals surface area contributed by atoms with E-state index in [0.717, 1.165) is 11.3 Å². The summed E-state index contributed by atoms with van der Waals surface area (Å²) < 4.78 is 13.7. The lowest BCUT2D eigenvalue weighted by atomic mass is 10.2. The van der Waals surface area contributed by atoms with Gasteiger partial charge in [-0.1, -0.05) is 23.4 Å². The highest BCUT2D eigenvalue weighted by Crippen LogP contribution is 2.31. The van der Waals surface area contributed by atoms with E-state index in [1.54, 1.807) is 6.92 Å². The van der Waals surface area contributed by atoms with Gasteiger partial charge in [0.15, 0.2) is 4.34 Å². The van der Waals surface area contributed by atoms with Crippen LogP contribution in [0.3, 0.4) is 0 Å². The van der Waals surface area contributed by atoms with Crippen molar-refractivity contribution in [2.75, 3.05) is 0 Å². The van der Waals surface area contributed by atoms with Gasteiger partial charge >= 0.3 is 5.97 Å². The van der Waals surface area contributed by atoms with Gasteiger partial charge in [0.05, 0.1) is 5.69 Å². The minimum atomic E-state index is -0.981. The number of rotatable bonds is 4. The predicted molar refractivity (Wildman–Crippen MR) is 74.8 cm³/mol. The van der Waals surface area contributed by atoms with Crippen LogP contribution in [0.5, 0.6) is 0 Å². The van der Waals surface area contributed by atoms with E-state index in [9.17, 15) is 9.18 Å². The zero-order valence-corrected chi connectivity index (χ0v) is 12.2. The Morgan fingerprint density at radius 3 is 2.95 bits per heavy atom. The molecule has 2 aromatic rings. The molecule has 0 bridgehead atoms. The van der Waals surface area contributed by atoms with E-state index in [4.69, 9.17) is 16.7 Å². The van der Waals surface area contributed by atoms with Crippen molar-refractivity contribution in [1.29, 1.82) is 0 Å². The van der Waals surface area contributed by atoms with Crippen molar-refractivity contribution in [2.45, 2.75) is 17.0 Å². The number of thioether (sulfide) groups is 1. The molecule has 1 aromatic heterocycles. The Morgan fingerprint density at radius 1 is 1.58 bits per heavy atom. The number of halogens is 2. The largest absolute Gasteiger partial charge is 0.477 e. The van der Waals surface area contributed by atoms with Crippen LogP contribution in [0.25, 0.3) is 0 Å². The molecule has 0 aliphatic carbocycles. The van der Waals surface area contributed by atoms with Crippen molar-refractivity contribution in [1.82, 2.24) is 4.98 Å². The summed E-state index contributed by atoms with van der Waals surface area (Å²) in [5.74, 6) is -0.880. The molecule has 0 radical (unpaired) electrons. The van der Waals surface area contributed by atoms with Gasteiger partial charge < -0.3 is 5.11 Å². The summed E-state index contributed by atoms with van der Waals surface area (Å²) in [5, 5.41) is 9.42. The van der Waals surface area contributed by atoms with E-state index in [1.165, 1.54) is 30.0 Å². The van der Waals surface area contributed by atoms with Crippen molar-refractivity contribution in [3.8, 4) is 0 Å². The van der Waals surface area contributed by atoms with Gasteiger partial charge in [-0.05, 0) is 30.7 Å². The van der Waals surface area contributed by atoms with E-state index in [2.05, 4.69) is 4.98 Å². The number of hydrogen-bond acceptors (Lipinski definition) is 4. The predicted octanol–water partition coefficient (Wildman–Crippen LogP) is 4.23. The van der Waals surface area contributed by atoms with Crippen LogP contribution < -0.4 is 0 Å². The van der Waals surface area contributed by atoms with Gasteiger partial charge in [-0.2, -0.15) is 0 Å². The average Bonchev–Trinajstić information content (AvgIpc) is 2.72. The molecule has 3 nitrogen and oxygen atoms in total. The minimum absolute atomic E-state index is 0.229. The monoisotopic (exact) mass is 317 g/mol. The molecule has 0 atom stereocenters. The Morgan fingerprint density at radius 2 is 2.32 bits per heavy atom. The normalized spacial score (nSPS) is 10.7. The van der Waals surface area contributed by atoms with E-state index >= 15 is 0 Å². The van der Waals surface area contributed by atoms with Crippen LogP contribution in [-0.4, -0.2) is 16.1 Å². The molecule has 1 aromatic carbocycles. The first-order valence-electron chi connectivity index (χ1n) is 5.25. The number of benzene rings is 1. The first-order valence-corrected chi connectivity index (χ1v) is 7.43. The van der Waals surface area contributed by atoms with Crippen LogP contribution in [0.1, 0.15) is 20.9 Å². The fourth-order valence-corrected chi connectivity index (χ4v) is 3.71. The zero-order chi connectivity index (χ0) is 14.0. The second-order valence-electron chi connectivity index (χ2n) is 3.72. The Balaban J connectivity index is 2.12. The molecule has 100 valence electrons. The van der Waals surface area contributed by atoms with E-state index in [0.29, 0.717) is 26.4 Å². The summed E-state index contributed by atoms with van der Waals surface area (Å²) in [4.78, 5) is 15.3. The number of nitrogens with zero attached hydrogens (tertiary/aromatic N) is 1. The lowest BCUT2D eigenvalue weighted by molar-refractivity contribution is 0.0701. The Bertz CT molecular complexity index is 630. The maximum Gasteiger partial charge on any atom is 0.347 e. The van der Waals surface area contributed by atoms with Crippen molar-refractivity contribution in [2.24, 2.45) is 0 Å². The molecule has 0 saturated carbocycles. The second kappa shape index (κ2) is 5.90. The smallest absolute Gasteiger partial charge is 0.347 e. The summed E-state index contributed by atoms with van der Waals surface area (Å²) in [7, 11) is 0. The third-order valence-corrected chi connectivity index (χ3v) is 5.04. The van der Waals surface area contributed by atoms with Crippen molar-refractivity contribution in [3.05, 3.63) is 45.2 Å². The average molecular weight is 318 g/mol. The highest BCUT2D eigenvalue weighted by molar-refractivity contribution is 8.00. The highest BCUT2D eigenvalue weighted by atomic mass is 35.5. The van der Waals surface area contributed by atoms with Crippen LogP contribution in [0.2, 0.25) is 5.02 Å². The molecule has 0 spiro atoms. The molecule has 1 heterocycles. The number of carboxylic acids is 1. The Labute approximate surface area is 122 Å². The van der Waals surface area contributed by atoms with Crippen LogP contribution in [0, 0.1) is 12.7 Å². The molecule has 0 aliphatic rings. The van der Waals surface area contributed by atoms with E-state index < -0.39 is 5.97 Å². The van der Waals surface area contributed by atoms with Crippen LogP contribution >= 0.6 is 34.7 Å². The number of carbonyl (C=O) groups is 1. The highest BCUT2D eigenvalue weighted by Gasteiger charge is 2.14. The number of carboxylic acid groups (broad SMARTS) is 1. The quantitative estimate of drug-likeness (QED) is 0.857. The minimum Gasteiger partial charge on any atom is -0.477 e. The van der Waals surface area contributed by atoms with Crippen molar-refractivity contribution in [3.63, 3.8) is 0 Å². The Kier molecular flexibility index (Phi) is 4.44. The lowest BCUT2D eigenvalue weighted by Gasteiger charge is -2.02. The summed E-state index contributed by atoms with van der Waals surface area (Å²) in [6.45, 7) is 1.65.